The van der Waals surface area contributed by atoms with E-state index in [0.29, 0.717) is 5.56 Å². The zero-order chi connectivity index (χ0) is 23.7. The zero-order valence-electron chi connectivity index (χ0n) is 18.2. The van der Waals surface area contributed by atoms with Crippen molar-refractivity contribution in [1.82, 2.24) is 14.5 Å². The summed E-state index contributed by atoms with van der Waals surface area (Å²) in [7, 11) is -2.31. The number of benzene rings is 2. The van der Waals surface area contributed by atoms with Crippen molar-refractivity contribution in [2.24, 2.45) is 0 Å². The van der Waals surface area contributed by atoms with Crippen LogP contribution in [0.2, 0.25) is 0 Å². The maximum Gasteiger partial charge on any atom is 0.243 e. The zero-order valence-corrected chi connectivity index (χ0v) is 19.0. The first kappa shape index (κ1) is 25.2. The molecule has 0 aliphatic rings. The molecule has 0 saturated carbocycles. The van der Waals surface area contributed by atoms with E-state index in [1.807, 2.05) is 30.3 Å². The molecule has 1 atom stereocenters. The predicted molar refractivity (Wildman–Crippen MR) is 122 cm³/mol. The normalized spacial score (nSPS) is 12.2. The molecule has 2 aromatic rings. The molecule has 32 heavy (non-hydrogen) atoms. The van der Waals surface area contributed by atoms with Gasteiger partial charge in [-0.1, -0.05) is 48.5 Å². The van der Waals surface area contributed by atoms with Gasteiger partial charge in [0, 0.05) is 26.6 Å². The Labute approximate surface area is 188 Å². The molecule has 172 valence electrons. The van der Waals surface area contributed by atoms with E-state index in [1.54, 1.807) is 0 Å². The van der Waals surface area contributed by atoms with Crippen molar-refractivity contribution >= 4 is 21.8 Å². The Morgan fingerprint density at radius 3 is 2.28 bits per heavy atom. The smallest absolute Gasteiger partial charge is 0.243 e. The summed E-state index contributed by atoms with van der Waals surface area (Å²) < 4.78 is 38.0. The van der Waals surface area contributed by atoms with Gasteiger partial charge in [0.2, 0.25) is 21.8 Å². The maximum atomic E-state index is 13.4. The monoisotopic (exact) mass is 461 g/mol. The van der Waals surface area contributed by atoms with Crippen LogP contribution in [-0.4, -0.2) is 61.9 Å². The van der Waals surface area contributed by atoms with Gasteiger partial charge in [-0.25, -0.2) is 12.8 Å². The van der Waals surface area contributed by atoms with Crippen molar-refractivity contribution in [3.05, 3.63) is 84.2 Å². The van der Waals surface area contributed by atoms with Gasteiger partial charge in [0.15, 0.2) is 0 Å². The van der Waals surface area contributed by atoms with Gasteiger partial charge in [-0.15, -0.1) is 6.58 Å². The first-order chi connectivity index (χ1) is 15.1. The molecule has 0 aromatic heterocycles. The van der Waals surface area contributed by atoms with E-state index in [1.165, 1.54) is 42.3 Å². The van der Waals surface area contributed by atoms with E-state index in [2.05, 4.69) is 11.9 Å². The summed E-state index contributed by atoms with van der Waals surface area (Å²) >= 11 is 0. The van der Waals surface area contributed by atoms with Crippen LogP contribution < -0.4 is 5.32 Å². The van der Waals surface area contributed by atoms with Crippen LogP contribution >= 0.6 is 0 Å². The number of halogens is 1. The Kier molecular flexibility index (Phi) is 9.10. The fourth-order valence-electron chi connectivity index (χ4n) is 3.03. The minimum Gasteiger partial charge on any atom is -0.351 e. The first-order valence-corrected chi connectivity index (χ1v) is 11.8. The average Bonchev–Trinajstić information content (AvgIpc) is 2.75. The third kappa shape index (κ3) is 7.58. The lowest BCUT2D eigenvalue weighted by atomic mass is 10.0. The number of hydrogen-bond acceptors (Lipinski definition) is 4. The molecule has 1 N–H and O–H groups in total. The second-order valence-electron chi connectivity index (χ2n) is 7.41. The number of sulfonamides is 1. The van der Waals surface area contributed by atoms with Crippen LogP contribution in [-0.2, 0) is 32.6 Å². The Morgan fingerprint density at radius 2 is 1.72 bits per heavy atom. The molecule has 0 saturated heterocycles. The Bertz CT molecular complexity index is 1030. The molecule has 0 heterocycles. The van der Waals surface area contributed by atoms with Crippen LogP contribution in [0.5, 0.6) is 0 Å². The molecule has 2 rings (SSSR count). The van der Waals surface area contributed by atoms with Crippen LogP contribution in [0.3, 0.4) is 0 Å². The van der Waals surface area contributed by atoms with E-state index in [-0.39, 0.29) is 19.5 Å². The average molecular weight is 462 g/mol. The number of carbonyl (C=O) groups excluding carboxylic acids is 2. The molecule has 0 spiro atoms. The fourth-order valence-corrected chi connectivity index (χ4v) is 3.37. The van der Waals surface area contributed by atoms with Crippen LogP contribution in [0.1, 0.15) is 11.1 Å². The first-order valence-electron chi connectivity index (χ1n) is 9.99. The van der Waals surface area contributed by atoms with E-state index < -0.39 is 40.2 Å². The molecule has 2 amide bonds. The molecule has 0 radical (unpaired) electrons. The van der Waals surface area contributed by atoms with E-state index in [4.69, 9.17) is 0 Å². The van der Waals surface area contributed by atoms with Crippen molar-refractivity contribution in [1.29, 1.82) is 0 Å². The topological polar surface area (TPSA) is 86.8 Å². The standard InChI is InChI=1S/C23H28FN3O4S/c1-4-14-25-23(29)21(15-18-8-6-5-7-9-18)27(16-19-10-12-20(24)13-11-19)22(28)17-26(2)32(3,30)31/h4-13,21H,1,14-17H2,2-3H3,(H,25,29)/t21-/m1/s1. The number of nitrogens with one attached hydrogen (secondary N) is 1. The minimum atomic E-state index is -3.61. The molecule has 0 aliphatic carbocycles. The Hall–Kier alpha value is -3.04. The lowest BCUT2D eigenvalue weighted by Gasteiger charge is -2.32. The molecule has 0 unspecified atom stereocenters. The molecular formula is C23H28FN3O4S. The SMILES string of the molecule is C=CCNC(=O)[C@@H](Cc1ccccc1)N(Cc1ccc(F)cc1)C(=O)CN(C)S(C)(=O)=O. The number of hydrogen-bond donors (Lipinski definition) is 1. The van der Waals surface area contributed by atoms with Gasteiger partial charge in [-0.3, -0.25) is 9.59 Å². The lowest BCUT2D eigenvalue weighted by molar-refractivity contribution is -0.141. The minimum absolute atomic E-state index is 0.00965. The van der Waals surface area contributed by atoms with Gasteiger partial charge in [-0.05, 0) is 23.3 Å². The third-order valence-electron chi connectivity index (χ3n) is 4.88. The summed E-state index contributed by atoms with van der Waals surface area (Å²) in [6.45, 7) is 3.39. The van der Waals surface area contributed by atoms with Crippen LogP contribution in [0.4, 0.5) is 4.39 Å². The van der Waals surface area contributed by atoms with E-state index in [9.17, 15) is 22.4 Å². The number of amides is 2. The van der Waals surface area contributed by atoms with Crippen molar-refractivity contribution in [2.45, 2.75) is 19.0 Å². The van der Waals surface area contributed by atoms with Gasteiger partial charge < -0.3 is 10.2 Å². The summed E-state index contributed by atoms with van der Waals surface area (Å²) in [5.74, 6) is -1.36. The van der Waals surface area contributed by atoms with Gasteiger partial charge in [-0.2, -0.15) is 4.31 Å². The highest BCUT2D eigenvalue weighted by atomic mass is 32.2. The number of likely N-dealkylation sites (N-methyl/N-ethyl adjacent to an activating group) is 1. The second kappa shape index (κ2) is 11.5. The summed E-state index contributed by atoms with van der Waals surface area (Å²) in [4.78, 5) is 27.6. The van der Waals surface area contributed by atoms with Gasteiger partial charge in [0.05, 0.1) is 12.8 Å². The third-order valence-corrected chi connectivity index (χ3v) is 6.14. The summed E-state index contributed by atoms with van der Waals surface area (Å²) in [6, 6.07) is 13.9. The van der Waals surface area contributed by atoms with Crippen LogP contribution in [0.15, 0.2) is 67.3 Å². The summed E-state index contributed by atoms with van der Waals surface area (Å²) in [6.07, 6.45) is 2.75. The number of carbonyl (C=O) groups is 2. The quantitative estimate of drug-likeness (QED) is 0.519. The molecule has 0 bridgehead atoms. The van der Waals surface area contributed by atoms with Gasteiger partial charge in [0.1, 0.15) is 11.9 Å². The summed E-state index contributed by atoms with van der Waals surface area (Å²) in [5, 5.41) is 2.72. The molecule has 7 nitrogen and oxygen atoms in total. The summed E-state index contributed by atoms with van der Waals surface area (Å²) in [5.41, 5.74) is 1.44. The molecule has 9 heteroatoms. The largest absolute Gasteiger partial charge is 0.351 e. The lowest BCUT2D eigenvalue weighted by Crippen LogP contribution is -2.53. The van der Waals surface area contributed by atoms with Crippen molar-refractivity contribution in [2.75, 3.05) is 26.4 Å². The number of nitrogens with zero attached hydrogens (tertiary/aromatic N) is 2. The van der Waals surface area contributed by atoms with Crippen LogP contribution in [0.25, 0.3) is 0 Å². The predicted octanol–water partition coefficient (Wildman–Crippen LogP) is 1.96. The molecule has 0 fully saturated rings. The molecule has 2 aromatic carbocycles. The Balaban J connectivity index is 2.42. The van der Waals surface area contributed by atoms with Crippen molar-refractivity contribution in [3.63, 3.8) is 0 Å². The number of rotatable bonds is 11. The van der Waals surface area contributed by atoms with Gasteiger partial charge >= 0.3 is 0 Å². The maximum absolute atomic E-state index is 13.4. The second-order valence-corrected chi connectivity index (χ2v) is 9.50. The van der Waals surface area contributed by atoms with E-state index >= 15 is 0 Å². The Morgan fingerprint density at radius 1 is 1.09 bits per heavy atom. The highest BCUT2D eigenvalue weighted by Crippen LogP contribution is 2.16. The van der Waals surface area contributed by atoms with Crippen molar-refractivity contribution in [3.8, 4) is 0 Å². The fraction of sp³-hybridized carbons (Fsp3) is 0.304. The molecular weight excluding hydrogens is 433 g/mol. The highest BCUT2D eigenvalue weighted by molar-refractivity contribution is 7.88. The molecule has 0 aliphatic heterocycles. The van der Waals surface area contributed by atoms with Crippen LogP contribution in [0, 0.1) is 5.82 Å². The van der Waals surface area contributed by atoms with E-state index in [0.717, 1.165) is 16.1 Å². The highest BCUT2D eigenvalue weighted by Gasteiger charge is 2.31. The van der Waals surface area contributed by atoms with Crippen molar-refractivity contribution < 1.29 is 22.4 Å². The van der Waals surface area contributed by atoms with Gasteiger partial charge in [0.25, 0.3) is 0 Å².